The molecule has 1 N–H and O–H groups in total. The Morgan fingerprint density at radius 2 is 2.04 bits per heavy atom. The SMILES string of the molecule is CCNC(=NCCCF)N1CCC(c2ccccc2)C(CC)C1.I. The predicted octanol–water partition coefficient (Wildman–Crippen LogP) is 4.45. The van der Waals surface area contributed by atoms with Crippen LogP contribution in [0, 0.1) is 5.92 Å². The maximum Gasteiger partial charge on any atom is 0.193 e. The lowest BCUT2D eigenvalue weighted by atomic mass is 9.79. The van der Waals surface area contributed by atoms with Gasteiger partial charge in [-0.2, -0.15) is 0 Å². The van der Waals surface area contributed by atoms with Crippen molar-refractivity contribution in [1.82, 2.24) is 10.2 Å². The molecule has 136 valence electrons. The van der Waals surface area contributed by atoms with E-state index < -0.39 is 0 Å². The number of alkyl halides is 1. The van der Waals surface area contributed by atoms with Crippen LogP contribution in [0.1, 0.15) is 44.6 Å². The van der Waals surface area contributed by atoms with Crippen molar-refractivity contribution in [2.75, 3.05) is 32.9 Å². The molecule has 0 radical (unpaired) electrons. The Bertz CT molecular complexity index is 481. The first kappa shape index (κ1) is 21.2. The summed E-state index contributed by atoms with van der Waals surface area (Å²) in [5, 5.41) is 3.36. The van der Waals surface area contributed by atoms with Gasteiger partial charge in [0.1, 0.15) is 0 Å². The molecule has 1 aromatic carbocycles. The Morgan fingerprint density at radius 3 is 2.67 bits per heavy atom. The molecular weight excluding hydrogens is 416 g/mol. The molecule has 1 saturated heterocycles. The third-order valence-electron chi connectivity index (χ3n) is 4.67. The van der Waals surface area contributed by atoms with Crippen LogP contribution in [0.25, 0.3) is 0 Å². The molecule has 5 heteroatoms. The molecule has 1 aromatic rings. The van der Waals surface area contributed by atoms with E-state index in [-0.39, 0.29) is 30.7 Å². The van der Waals surface area contributed by atoms with Crippen LogP contribution in [-0.4, -0.2) is 43.7 Å². The highest BCUT2D eigenvalue weighted by Crippen LogP contribution is 2.34. The van der Waals surface area contributed by atoms with Gasteiger partial charge in [-0.15, -0.1) is 24.0 Å². The summed E-state index contributed by atoms with van der Waals surface area (Å²) in [5.41, 5.74) is 1.46. The highest BCUT2D eigenvalue weighted by molar-refractivity contribution is 14.0. The van der Waals surface area contributed by atoms with Gasteiger partial charge in [0.15, 0.2) is 5.96 Å². The molecule has 2 unspecified atom stereocenters. The number of likely N-dealkylation sites (tertiary alicyclic amines) is 1. The average Bonchev–Trinajstić information content (AvgIpc) is 2.61. The molecule has 0 bridgehead atoms. The summed E-state index contributed by atoms with van der Waals surface area (Å²) in [6.45, 7) is 7.51. The van der Waals surface area contributed by atoms with Crippen LogP contribution in [0.2, 0.25) is 0 Å². The van der Waals surface area contributed by atoms with Crippen molar-refractivity contribution < 1.29 is 4.39 Å². The molecule has 1 aliphatic rings. The Kier molecular flexibility index (Phi) is 10.3. The van der Waals surface area contributed by atoms with Crippen molar-refractivity contribution in [2.45, 2.75) is 39.0 Å². The lowest BCUT2D eigenvalue weighted by Crippen LogP contribution is -2.48. The number of rotatable bonds is 6. The summed E-state index contributed by atoms with van der Waals surface area (Å²) in [6.07, 6.45) is 2.82. The number of aliphatic imine (C=N–C) groups is 1. The van der Waals surface area contributed by atoms with E-state index in [2.05, 4.69) is 59.4 Å². The van der Waals surface area contributed by atoms with Gasteiger partial charge in [0, 0.05) is 26.2 Å². The molecule has 0 amide bonds. The molecule has 0 saturated carbocycles. The monoisotopic (exact) mass is 447 g/mol. The van der Waals surface area contributed by atoms with Gasteiger partial charge in [-0.05, 0) is 37.2 Å². The van der Waals surface area contributed by atoms with Gasteiger partial charge in [-0.3, -0.25) is 9.38 Å². The van der Waals surface area contributed by atoms with Crippen molar-refractivity contribution in [3.8, 4) is 0 Å². The number of benzene rings is 1. The summed E-state index contributed by atoms with van der Waals surface area (Å²) in [5.74, 6) is 2.22. The maximum absolute atomic E-state index is 12.3. The Balaban J connectivity index is 0.00000288. The molecule has 2 rings (SSSR count). The minimum absolute atomic E-state index is 0. The lowest BCUT2D eigenvalue weighted by molar-refractivity contribution is 0.215. The van der Waals surface area contributed by atoms with E-state index in [0.29, 0.717) is 24.8 Å². The predicted molar refractivity (Wildman–Crippen MR) is 111 cm³/mol. The van der Waals surface area contributed by atoms with E-state index >= 15 is 0 Å². The Labute approximate surface area is 163 Å². The molecule has 1 heterocycles. The van der Waals surface area contributed by atoms with E-state index in [9.17, 15) is 4.39 Å². The number of hydrogen-bond donors (Lipinski definition) is 1. The number of hydrogen-bond acceptors (Lipinski definition) is 1. The Morgan fingerprint density at radius 1 is 1.29 bits per heavy atom. The number of piperidine rings is 1. The number of guanidine groups is 1. The van der Waals surface area contributed by atoms with Gasteiger partial charge in [-0.1, -0.05) is 43.7 Å². The van der Waals surface area contributed by atoms with Crippen molar-refractivity contribution in [1.29, 1.82) is 0 Å². The van der Waals surface area contributed by atoms with Crippen LogP contribution in [0.4, 0.5) is 4.39 Å². The fraction of sp³-hybridized carbons (Fsp3) is 0.632. The second-order valence-corrected chi connectivity index (χ2v) is 6.20. The topological polar surface area (TPSA) is 27.6 Å². The standard InChI is InChI=1S/C19H30FN3.HI/c1-3-16-15-23(19(21-4-2)22-13-8-12-20)14-11-18(16)17-9-6-5-7-10-17;/h5-7,9-10,16,18H,3-4,8,11-15H2,1-2H3,(H,21,22);1H. The fourth-order valence-electron chi connectivity index (χ4n) is 3.45. The van der Waals surface area contributed by atoms with Gasteiger partial charge in [0.2, 0.25) is 0 Å². The fourth-order valence-corrected chi connectivity index (χ4v) is 3.45. The molecule has 0 aliphatic carbocycles. The van der Waals surface area contributed by atoms with E-state index in [1.165, 1.54) is 12.0 Å². The molecule has 3 nitrogen and oxygen atoms in total. The molecular formula is C19H31FIN3. The first-order chi connectivity index (χ1) is 11.3. The quantitative estimate of drug-likeness (QED) is 0.302. The summed E-state index contributed by atoms with van der Waals surface area (Å²) in [4.78, 5) is 6.94. The molecule has 1 fully saturated rings. The van der Waals surface area contributed by atoms with Crippen LogP contribution in [0.5, 0.6) is 0 Å². The zero-order chi connectivity index (χ0) is 16.5. The van der Waals surface area contributed by atoms with Crippen LogP contribution in [-0.2, 0) is 0 Å². The second-order valence-electron chi connectivity index (χ2n) is 6.20. The average molecular weight is 447 g/mol. The van der Waals surface area contributed by atoms with E-state index in [1.807, 2.05) is 0 Å². The summed E-state index contributed by atoms with van der Waals surface area (Å²) in [6, 6.07) is 10.9. The first-order valence-electron chi connectivity index (χ1n) is 8.94. The molecule has 0 spiro atoms. The smallest absolute Gasteiger partial charge is 0.193 e. The molecule has 0 aromatic heterocycles. The van der Waals surface area contributed by atoms with Crippen molar-refractivity contribution in [2.24, 2.45) is 10.9 Å². The van der Waals surface area contributed by atoms with Crippen molar-refractivity contribution in [3.63, 3.8) is 0 Å². The number of nitrogens with zero attached hydrogens (tertiary/aromatic N) is 2. The second kappa shape index (κ2) is 11.7. The maximum atomic E-state index is 12.3. The first-order valence-corrected chi connectivity index (χ1v) is 8.94. The largest absolute Gasteiger partial charge is 0.357 e. The Hall–Kier alpha value is -0.850. The summed E-state index contributed by atoms with van der Waals surface area (Å²) in [7, 11) is 0. The normalized spacial score (nSPS) is 21.3. The minimum Gasteiger partial charge on any atom is -0.357 e. The number of nitrogens with one attached hydrogen (secondary N) is 1. The van der Waals surface area contributed by atoms with Crippen LogP contribution in [0.3, 0.4) is 0 Å². The highest BCUT2D eigenvalue weighted by atomic mass is 127. The zero-order valence-electron chi connectivity index (χ0n) is 14.9. The lowest BCUT2D eigenvalue weighted by Gasteiger charge is -2.40. The summed E-state index contributed by atoms with van der Waals surface area (Å²) < 4.78 is 12.3. The van der Waals surface area contributed by atoms with Gasteiger partial charge in [-0.25, -0.2) is 0 Å². The van der Waals surface area contributed by atoms with E-state index in [0.717, 1.165) is 32.0 Å². The van der Waals surface area contributed by atoms with Gasteiger partial charge in [0.25, 0.3) is 0 Å². The van der Waals surface area contributed by atoms with Gasteiger partial charge >= 0.3 is 0 Å². The highest BCUT2D eigenvalue weighted by Gasteiger charge is 2.30. The number of halogens is 2. The summed E-state index contributed by atoms with van der Waals surface area (Å²) >= 11 is 0. The van der Waals surface area contributed by atoms with Crippen LogP contribution < -0.4 is 5.32 Å². The molecule has 1 aliphatic heterocycles. The van der Waals surface area contributed by atoms with Gasteiger partial charge in [0.05, 0.1) is 6.67 Å². The molecule has 2 atom stereocenters. The van der Waals surface area contributed by atoms with Gasteiger partial charge < -0.3 is 10.2 Å². The van der Waals surface area contributed by atoms with Crippen LogP contribution in [0.15, 0.2) is 35.3 Å². The third kappa shape index (κ3) is 5.90. The van der Waals surface area contributed by atoms with Crippen molar-refractivity contribution in [3.05, 3.63) is 35.9 Å². The minimum atomic E-state index is -0.295. The third-order valence-corrected chi connectivity index (χ3v) is 4.67. The molecule has 24 heavy (non-hydrogen) atoms. The van der Waals surface area contributed by atoms with E-state index in [4.69, 9.17) is 0 Å². The van der Waals surface area contributed by atoms with E-state index in [1.54, 1.807) is 0 Å². The van der Waals surface area contributed by atoms with Crippen LogP contribution >= 0.6 is 24.0 Å². The zero-order valence-corrected chi connectivity index (χ0v) is 17.2. The van der Waals surface area contributed by atoms with Crippen molar-refractivity contribution >= 4 is 29.9 Å².